The van der Waals surface area contributed by atoms with Gasteiger partial charge in [0.1, 0.15) is 6.10 Å². The first kappa shape index (κ1) is 20.4. The fourth-order valence-electron chi connectivity index (χ4n) is 3.16. The van der Waals surface area contributed by atoms with Gasteiger partial charge >= 0.3 is 0 Å². The Morgan fingerprint density at radius 2 is 2.08 bits per heavy atom. The van der Waals surface area contributed by atoms with Gasteiger partial charge in [-0.1, -0.05) is 27.7 Å². The lowest BCUT2D eigenvalue weighted by Crippen LogP contribution is -2.47. The molecule has 2 rings (SSSR count). The summed E-state index contributed by atoms with van der Waals surface area (Å²) in [5.41, 5.74) is 1.12. The average Bonchev–Trinajstić information content (AvgIpc) is 3.03. The van der Waals surface area contributed by atoms with Crippen LogP contribution < -0.4 is 5.32 Å². The summed E-state index contributed by atoms with van der Waals surface area (Å²) in [6.45, 7) is 9.67. The first-order valence-electron chi connectivity index (χ1n) is 9.55. The second kappa shape index (κ2) is 8.66. The predicted molar refractivity (Wildman–Crippen MR) is 99.8 cm³/mol. The second-order valence-corrected chi connectivity index (χ2v) is 8.03. The second-order valence-electron chi connectivity index (χ2n) is 8.03. The number of aliphatic hydroxyl groups excluding tert-OH is 1. The van der Waals surface area contributed by atoms with E-state index in [1.165, 1.54) is 0 Å². The third kappa shape index (κ3) is 4.84. The number of rotatable bonds is 7. The maximum Gasteiger partial charge on any atom is 0.254 e. The molecule has 0 saturated carbocycles. The van der Waals surface area contributed by atoms with Crippen molar-refractivity contribution < 1.29 is 14.7 Å². The van der Waals surface area contributed by atoms with Crippen LogP contribution >= 0.6 is 0 Å². The van der Waals surface area contributed by atoms with Gasteiger partial charge in [0.15, 0.2) is 0 Å². The Morgan fingerprint density at radius 3 is 2.73 bits per heavy atom. The highest BCUT2D eigenvalue weighted by atomic mass is 16.3. The van der Waals surface area contributed by atoms with Crippen LogP contribution in [-0.2, 0) is 17.8 Å². The highest BCUT2D eigenvalue weighted by molar-refractivity contribution is 5.95. The zero-order valence-corrected chi connectivity index (χ0v) is 16.4. The van der Waals surface area contributed by atoms with Crippen LogP contribution in [0.15, 0.2) is 6.20 Å². The van der Waals surface area contributed by atoms with Crippen molar-refractivity contribution in [2.45, 2.75) is 66.0 Å². The number of aromatic nitrogens is 2. The zero-order chi connectivity index (χ0) is 19.3. The molecule has 0 aliphatic carbocycles. The van der Waals surface area contributed by atoms with Crippen LogP contribution in [0.25, 0.3) is 0 Å². The molecule has 0 radical (unpaired) electrons. The molecule has 0 saturated heterocycles. The maximum atomic E-state index is 12.5. The van der Waals surface area contributed by atoms with E-state index in [1.807, 2.05) is 32.4 Å². The molecule has 1 aromatic heterocycles. The summed E-state index contributed by atoms with van der Waals surface area (Å²) in [6.07, 6.45) is 4.44. The van der Waals surface area contributed by atoms with Crippen LogP contribution in [0.2, 0.25) is 0 Å². The SMILES string of the molecule is CCCN(CCNC(=O)c1cnn2c1CCCC2)C(=O)C(O)C(C)(C)C. The topological polar surface area (TPSA) is 87.5 Å². The summed E-state index contributed by atoms with van der Waals surface area (Å²) in [7, 11) is 0. The number of hydrogen-bond acceptors (Lipinski definition) is 4. The molecule has 0 spiro atoms. The lowest BCUT2D eigenvalue weighted by molar-refractivity contribution is -0.145. The van der Waals surface area contributed by atoms with E-state index >= 15 is 0 Å². The zero-order valence-electron chi connectivity index (χ0n) is 16.4. The molecule has 2 amide bonds. The largest absolute Gasteiger partial charge is 0.383 e. The van der Waals surface area contributed by atoms with E-state index in [0.29, 0.717) is 25.2 Å². The highest BCUT2D eigenvalue weighted by Gasteiger charge is 2.32. The van der Waals surface area contributed by atoms with Gasteiger partial charge in [0, 0.05) is 26.2 Å². The summed E-state index contributed by atoms with van der Waals surface area (Å²) < 4.78 is 1.91. The molecule has 7 heteroatoms. The first-order chi connectivity index (χ1) is 12.3. The smallest absolute Gasteiger partial charge is 0.254 e. The molecule has 146 valence electrons. The fraction of sp³-hybridized carbons (Fsp3) is 0.737. The van der Waals surface area contributed by atoms with Crippen molar-refractivity contribution in [2.75, 3.05) is 19.6 Å². The van der Waals surface area contributed by atoms with Gasteiger partial charge in [-0.05, 0) is 31.1 Å². The summed E-state index contributed by atoms with van der Waals surface area (Å²) in [5, 5.41) is 17.4. The number of nitrogens with zero attached hydrogens (tertiary/aromatic N) is 3. The van der Waals surface area contributed by atoms with Gasteiger partial charge in [-0.2, -0.15) is 5.10 Å². The van der Waals surface area contributed by atoms with Gasteiger partial charge < -0.3 is 15.3 Å². The number of amides is 2. The van der Waals surface area contributed by atoms with E-state index in [9.17, 15) is 14.7 Å². The van der Waals surface area contributed by atoms with E-state index in [-0.39, 0.29) is 11.8 Å². The molecule has 1 aliphatic heterocycles. The number of fused-ring (bicyclic) bond motifs is 1. The lowest BCUT2D eigenvalue weighted by Gasteiger charge is -2.31. The molecule has 0 fully saturated rings. The molecule has 26 heavy (non-hydrogen) atoms. The Balaban J connectivity index is 1.92. The number of hydrogen-bond donors (Lipinski definition) is 2. The average molecular weight is 364 g/mol. The van der Waals surface area contributed by atoms with Gasteiger partial charge in [0.2, 0.25) is 0 Å². The predicted octanol–water partition coefficient (Wildman–Crippen LogP) is 1.59. The monoisotopic (exact) mass is 364 g/mol. The Labute approximate surface area is 155 Å². The molecule has 7 nitrogen and oxygen atoms in total. The van der Waals surface area contributed by atoms with E-state index in [4.69, 9.17) is 0 Å². The van der Waals surface area contributed by atoms with Crippen LogP contribution in [0.1, 0.15) is 63.0 Å². The normalized spacial score (nSPS) is 15.3. The maximum absolute atomic E-state index is 12.5. The van der Waals surface area contributed by atoms with E-state index in [2.05, 4.69) is 10.4 Å². The standard InChI is InChI=1S/C19H32N4O3/c1-5-10-22(18(26)16(24)19(2,3)4)12-9-20-17(25)14-13-21-23-11-7-6-8-15(14)23/h13,16,24H,5-12H2,1-4H3,(H,20,25). The van der Waals surface area contributed by atoms with Gasteiger partial charge in [0.05, 0.1) is 17.5 Å². The van der Waals surface area contributed by atoms with Gasteiger partial charge in [0.25, 0.3) is 11.8 Å². The molecule has 1 aromatic rings. The molecular formula is C19H32N4O3. The van der Waals surface area contributed by atoms with Crippen LogP contribution in [-0.4, -0.2) is 57.3 Å². The van der Waals surface area contributed by atoms with Gasteiger partial charge in [-0.3, -0.25) is 14.3 Å². The molecule has 2 heterocycles. The molecule has 1 aliphatic rings. The van der Waals surface area contributed by atoms with Gasteiger partial charge in [-0.15, -0.1) is 0 Å². The summed E-state index contributed by atoms with van der Waals surface area (Å²) in [4.78, 5) is 26.6. The van der Waals surface area contributed by atoms with Crippen molar-refractivity contribution in [2.24, 2.45) is 5.41 Å². The van der Waals surface area contributed by atoms with Gasteiger partial charge in [-0.25, -0.2) is 0 Å². The highest BCUT2D eigenvalue weighted by Crippen LogP contribution is 2.21. The lowest BCUT2D eigenvalue weighted by atomic mass is 9.88. The molecule has 1 unspecified atom stereocenters. The van der Waals surface area contributed by atoms with E-state index < -0.39 is 11.5 Å². The van der Waals surface area contributed by atoms with E-state index in [0.717, 1.165) is 37.9 Å². The van der Waals surface area contributed by atoms with Crippen molar-refractivity contribution in [1.29, 1.82) is 0 Å². The third-order valence-corrected chi connectivity index (χ3v) is 4.75. The molecule has 1 atom stereocenters. The Hall–Kier alpha value is -1.89. The van der Waals surface area contributed by atoms with Crippen LogP contribution in [0.3, 0.4) is 0 Å². The Morgan fingerprint density at radius 1 is 1.35 bits per heavy atom. The summed E-state index contributed by atoms with van der Waals surface area (Å²) in [5.74, 6) is -0.426. The quantitative estimate of drug-likeness (QED) is 0.769. The number of aryl methyl sites for hydroxylation is 1. The number of carbonyl (C=O) groups excluding carboxylic acids is 2. The minimum absolute atomic E-state index is 0.145. The molecular weight excluding hydrogens is 332 g/mol. The van der Waals surface area contributed by atoms with Crippen LogP contribution in [0.4, 0.5) is 0 Å². The minimum atomic E-state index is -1.05. The third-order valence-electron chi connectivity index (χ3n) is 4.75. The van der Waals surface area contributed by atoms with Crippen molar-refractivity contribution >= 4 is 11.8 Å². The van der Waals surface area contributed by atoms with Crippen molar-refractivity contribution in [3.63, 3.8) is 0 Å². The van der Waals surface area contributed by atoms with E-state index in [1.54, 1.807) is 11.1 Å². The minimum Gasteiger partial charge on any atom is -0.383 e. The number of carbonyl (C=O) groups is 2. The van der Waals surface area contributed by atoms with Crippen molar-refractivity contribution in [3.05, 3.63) is 17.5 Å². The Kier molecular flexibility index (Phi) is 6.81. The van der Waals surface area contributed by atoms with Crippen LogP contribution in [0.5, 0.6) is 0 Å². The Bertz CT molecular complexity index is 633. The first-order valence-corrected chi connectivity index (χ1v) is 9.55. The van der Waals surface area contributed by atoms with Crippen molar-refractivity contribution in [3.8, 4) is 0 Å². The molecule has 0 aromatic carbocycles. The molecule has 2 N–H and O–H groups in total. The summed E-state index contributed by atoms with van der Waals surface area (Å²) >= 11 is 0. The number of aliphatic hydroxyl groups is 1. The van der Waals surface area contributed by atoms with Crippen LogP contribution in [0, 0.1) is 5.41 Å². The fourth-order valence-corrected chi connectivity index (χ4v) is 3.16. The van der Waals surface area contributed by atoms with Crippen molar-refractivity contribution in [1.82, 2.24) is 20.0 Å². The number of nitrogens with one attached hydrogen (secondary N) is 1. The molecule has 0 bridgehead atoms. The summed E-state index contributed by atoms with van der Waals surface area (Å²) in [6, 6.07) is 0.